The topological polar surface area (TPSA) is 29.5 Å². The molecule has 3 nitrogen and oxygen atoms in total. The zero-order valence-electron chi connectivity index (χ0n) is 10.6. The third-order valence-electron chi connectivity index (χ3n) is 4.01. The molecule has 17 heavy (non-hydrogen) atoms. The van der Waals surface area contributed by atoms with Gasteiger partial charge in [0.05, 0.1) is 12.1 Å². The second-order valence-electron chi connectivity index (χ2n) is 6.28. The van der Waals surface area contributed by atoms with Crippen LogP contribution in [0.4, 0.5) is 4.79 Å². The Morgan fingerprint density at radius 3 is 2.24 bits per heavy atom. The second kappa shape index (κ2) is 3.15. The molecule has 92 valence electrons. The first-order valence-electron chi connectivity index (χ1n) is 6.29. The van der Waals surface area contributed by atoms with Crippen LogP contribution in [0.15, 0.2) is 24.3 Å². The van der Waals surface area contributed by atoms with Gasteiger partial charge in [-0.1, -0.05) is 24.3 Å². The van der Waals surface area contributed by atoms with Gasteiger partial charge in [0.25, 0.3) is 0 Å². The van der Waals surface area contributed by atoms with Crippen LogP contribution >= 0.6 is 0 Å². The third-order valence-corrected chi connectivity index (χ3v) is 4.01. The molecule has 0 aromatic heterocycles. The van der Waals surface area contributed by atoms with Crippen LogP contribution in [0.1, 0.15) is 33.6 Å². The molecule has 1 amide bonds. The molecular weight excluding hydrogens is 214 g/mol. The summed E-state index contributed by atoms with van der Waals surface area (Å²) in [4.78, 5) is 14.0. The van der Waals surface area contributed by atoms with Gasteiger partial charge in [0.2, 0.25) is 0 Å². The van der Waals surface area contributed by atoms with Crippen LogP contribution in [0.5, 0.6) is 0 Å². The Labute approximate surface area is 102 Å². The fourth-order valence-corrected chi connectivity index (χ4v) is 3.33. The molecule has 1 saturated heterocycles. The lowest BCUT2D eigenvalue weighted by atomic mass is 9.67. The molecule has 3 heteroatoms. The van der Waals surface area contributed by atoms with Gasteiger partial charge in [-0.3, -0.25) is 4.90 Å². The number of hydrogen-bond acceptors (Lipinski definition) is 2. The van der Waals surface area contributed by atoms with Crippen LogP contribution < -0.4 is 0 Å². The van der Waals surface area contributed by atoms with E-state index < -0.39 is 5.60 Å². The van der Waals surface area contributed by atoms with Crippen molar-refractivity contribution in [3.8, 4) is 0 Å². The van der Waals surface area contributed by atoms with Crippen LogP contribution in [-0.4, -0.2) is 28.7 Å². The fraction of sp³-hybridized carbons (Fsp3) is 0.643. The van der Waals surface area contributed by atoms with Gasteiger partial charge >= 0.3 is 6.09 Å². The van der Waals surface area contributed by atoms with Crippen LogP contribution in [0.2, 0.25) is 0 Å². The zero-order valence-corrected chi connectivity index (χ0v) is 10.6. The fourth-order valence-electron chi connectivity index (χ4n) is 3.33. The van der Waals surface area contributed by atoms with Gasteiger partial charge in [-0.25, -0.2) is 4.79 Å². The molecule has 0 unspecified atom stereocenters. The summed E-state index contributed by atoms with van der Waals surface area (Å²) >= 11 is 0. The number of ether oxygens (including phenoxy) is 1. The van der Waals surface area contributed by atoms with E-state index in [-0.39, 0.29) is 23.6 Å². The van der Waals surface area contributed by atoms with Gasteiger partial charge in [0, 0.05) is 5.41 Å². The summed E-state index contributed by atoms with van der Waals surface area (Å²) in [6, 6.07) is 0.495. The number of nitrogens with zero attached hydrogens (tertiary/aromatic N) is 1. The highest BCUT2D eigenvalue weighted by Gasteiger charge is 2.63. The first-order valence-corrected chi connectivity index (χ1v) is 6.29. The monoisotopic (exact) mass is 233 g/mol. The molecule has 1 aliphatic heterocycles. The lowest BCUT2D eigenvalue weighted by Crippen LogP contribution is -2.69. The van der Waals surface area contributed by atoms with Crippen molar-refractivity contribution in [3.05, 3.63) is 24.3 Å². The molecule has 0 aromatic carbocycles. The molecule has 0 radical (unpaired) electrons. The number of rotatable bonds is 0. The average molecular weight is 233 g/mol. The van der Waals surface area contributed by atoms with E-state index in [2.05, 4.69) is 24.3 Å². The van der Waals surface area contributed by atoms with Crippen molar-refractivity contribution >= 4 is 6.09 Å². The van der Waals surface area contributed by atoms with E-state index >= 15 is 0 Å². The maximum atomic E-state index is 12.2. The number of amides is 1. The Bertz CT molecular complexity index is 390. The van der Waals surface area contributed by atoms with Crippen molar-refractivity contribution in [2.45, 2.75) is 51.3 Å². The number of carbonyl (C=O) groups excluding carboxylic acids is 1. The van der Waals surface area contributed by atoms with Gasteiger partial charge in [-0.05, 0) is 33.6 Å². The average Bonchev–Trinajstić information content (AvgIpc) is 2.69. The highest BCUT2D eigenvalue weighted by Crippen LogP contribution is 2.57. The maximum absolute atomic E-state index is 12.2. The summed E-state index contributed by atoms with van der Waals surface area (Å²) in [7, 11) is 0. The zero-order chi connectivity index (χ0) is 12.3. The SMILES string of the molecule is CC(C)(C)OC(=O)N1[C@@H]2C=CCC23CC=C[C@@H]13. The highest BCUT2D eigenvalue weighted by atomic mass is 16.6. The van der Waals surface area contributed by atoms with Gasteiger partial charge in [0.15, 0.2) is 0 Å². The Morgan fingerprint density at radius 2 is 1.76 bits per heavy atom. The minimum atomic E-state index is -0.417. The molecule has 0 aromatic rings. The smallest absolute Gasteiger partial charge is 0.411 e. The number of likely N-dealkylation sites (tertiary alicyclic amines) is 1. The van der Waals surface area contributed by atoms with Crippen LogP contribution in [0.3, 0.4) is 0 Å². The predicted octanol–water partition coefficient (Wildman–Crippen LogP) is 2.88. The first-order chi connectivity index (χ1) is 7.94. The van der Waals surface area contributed by atoms with Crippen molar-refractivity contribution in [1.29, 1.82) is 0 Å². The third kappa shape index (κ3) is 1.38. The van der Waals surface area contributed by atoms with Crippen LogP contribution in [0.25, 0.3) is 0 Å². The summed E-state index contributed by atoms with van der Waals surface area (Å²) in [6.45, 7) is 5.73. The molecule has 1 spiro atoms. The minimum Gasteiger partial charge on any atom is -0.444 e. The van der Waals surface area contributed by atoms with Crippen LogP contribution in [0, 0.1) is 5.41 Å². The van der Waals surface area contributed by atoms with Gasteiger partial charge in [-0.2, -0.15) is 0 Å². The van der Waals surface area contributed by atoms with Crippen molar-refractivity contribution in [2.24, 2.45) is 5.41 Å². The summed E-state index contributed by atoms with van der Waals surface area (Å²) in [5.41, 5.74) is -0.142. The van der Waals surface area contributed by atoms with E-state index in [1.165, 1.54) is 0 Å². The standard InChI is InChI=1S/C14H19NO2/c1-13(2,3)17-12(16)15-10-6-4-8-14(10)9-5-7-11(14)15/h4-7,10-11H,8-9H2,1-3H3/t10-,11-,14?/m1/s1. The Morgan fingerprint density at radius 1 is 1.24 bits per heavy atom. The largest absolute Gasteiger partial charge is 0.444 e. The van der Waals surface area contributed by atoms with Crippen molar-refractivity contribution in [1.82, 2.24) is 4.90 Å². The highest BCUT2D eigenvalue weighted by molar-refractivity contribution is 5.73. The molecule has 1 fully saturated rings. The van der Waals surface area contributed by atoms with E-state index in [1.54, 1.807) is 0 Å². The molecule has 1 heterocycles. The number of allylic oxidation sites excluding steroid dienone is 2. The number of carbonyl (C=O) groups is 1. The summed E-state index contributed by atoms with van der Waals surface area (Å²) < 4.78 is 5.47. The van der Waals surface area contributed by atoms with E-state index in [0.29, 0.717) is 0 Å². The molecule has 0 saturated carbocycles. The van der Waals surface area contributed by atoms with Crippen molar-refractivity contribution in [2.75, 3.05) is 0 Å². The minimum absolute atomic E-state index is 0.179. The van der Waals surface area contributed by atoms with Gasteiger partial charge < -0.3 is 4.74 Å². The maximum Gasteiger partial charge on any atom is 0.411 e. The summed E-state index contributed by atoms with van der Waals surface area (Å²) in [5.74, 6) is 0. The quantitative estimate of drug-likeness (QED) is 0.602. The van der Waals surface area contributed by atoms with E-state index in [1.807, 2.05) is 25.7 Å². The summed E-state index contributed by atoms with van der Waals surface area (Å²) in [5, 5.41) is 0. The predicted molar refractivity (Wildman–Crippen MR) is 65.6 cm³/mol. The Balaban J connectivity index is 1.79. The molecule has 3 aliphatic rings. The Kier molecular flexibility index (Phi) is 2.02. The number of hydrogen-bond donors (Lipinski definition) is 0. The first kappa shape index (κ1) is 10.9. The van der Waals surface area contributed by atoms with Crippen molar-refractivity contribution < 1.29 is 9.53 Å². The molecule has 2 aliphatic carbocycles. The molecular formula is C14H19NO2. The van der Waals surface area contributed by atoms with Gasteiger partial charge in [-0.15, -0.1) is 0 Å². The lowest BCUT2D eigenvalue weighted by Gasteiger charge is -2.57. The van der Waals surface area contributed by atoms with Gasteiger partial charge in [0.1, 0.15) is 5.60 Å². The lowest BCUT2D eigenvalue weighted by molar-refractivity contribution is -0.0781. The normalized spacial score (nSPS) is 37.7. The van der Waals surface area contributed by atoms with Crippen LogP contribution in [-0.2, 0) is 4.74 Å². The molecule has 0 N–H and O–H groups in total. The molecule has 3 rings (SSSR count). The van der Waals surface area contributed by atoms with E-state index in [9.17, 15) is 4.79 Å². The molecule has 0 bridgehead atoms. The van der Waals surface area contributed by atoms with E-state index in [0.717, 1.165) is 12.8 Å². The molecule has 2 atom stereocenters. The summed E-state index contributed by atoms with van der Waals surface area (Å²) in [6.07, 6.45) is 10.7. The second-order valence-corrected chi connectivity index (χ2v) is 6.28. The Hall–Kier alpha value is -1.25. The van der Waals surface area contributed by atoms with E-state index in [4.69, 9.17) is 4.74 Å². The van der Waals surface area contributed by atoms with Crippen molar-refractivity contribution in [3.63, 3.8) is 0 Å².